The van der Waals surface area contributed by atoms with Gasteiger partial charge in [0.2, 0.25) is 5.95 Å². The SMILES string of the molecule is Cc1nc(N)nc(N2CCN(C3CCCCC3)CC2)c1C#Cc1ccc(N)nc1. The third-order valence-corrected chi connectivity index (χ3v) is 5.91. The van der Waals surface area contributed by atoms with E-state index in [1.54, 1.807) is 12.3 Å². The second-order valence-corrected chi connectivity index (χ2v) is 7.90. The summed E-state index contributed by atoms with van der Waals surface area (Å²) in [5.41, 5.74) is 14.1. The smallest absolute Gasteiger partial charge is 0.222 e. The minimum atomic E-state index is 0.298. The van der Waals surface area contributed by atoms with Crippen molar-refractivity contribution in [2.75, 3.05) is 42.5 Å². The van der Waals surface area contributed by atoms with Gasteiger partial charge < -0.3 is 16.4 Å². The zero-order valence-corrected chi connectivity index (χ0v) is 17.1. The molecule has 1 aliphatic carbocycles. The number of aromatic nitrogens is 3. The highest BCUT2D eigenvalue weighted by Crippen LogP contribution is 2.26. The van der Waals surface area contributed by atoms with Gasteiger partial charge in [-0.1, -0.05) is 31.1 Å². The topological polar surface area (TPSA) is 97.2 Å². The molecule has 7 nitrogen and oxygen atoms in total. The van der Waals surface area contributed by atoms with Crippen LogP contribution in [0.1, 0.15) is 48.9 Å². The highest BCUT2D eigenvalue weighted by molar-refractivity contribution is 5.61. The average Bonchev–Trinajstić information content (AvgIpc) is 2.75. The Morgan fingerprint density at radius 3 is 2.41 bits per heavy atom. The summed E-state index contributed by atoms with van der Waals surface area (Å²) >= 11 is 0. The van der Waals surface area contributed by atoms with Crippen LogP contribution in [-0.4, -0.2) is 52.1 Å². The van der Waals surface area contributed by atoms with E-state index in [0.717, 1.165) is 54.9 Å². The first kappa shape index (κ1) is 19.5. The molecule has 4 N–H and O–H groups in total. The molecular weight excluding hydrogens is 362 g/mol. The molecule has 0 bridgehead atoms. The molecule has 7 heteroatoms. The standard InChI is InChI=1S/C22H29N7/c1-16-19(9-7-17-8-10-20(23)25-15-17)21(27-22(24)26-16)29-13-11-28(12-14-29)18-5-3-2-4-6-18/h8,10,15,18H,2-6,11-14H2,1H3,(H2,23,25)(H2,24,26,27). The van der Waals surface area contributed by atoms with Crippen LogP contribution in [0.2, 0.25) is 0 Å². The van der Waals surface area contributed by atoms with Crippen molar-refractivity contribution in [1.82, 2.24) is 19.9 Å². The number of hydrogen-bond donors (Lipinski definition) is 2. The van der Waals surface area contributed by atoms with E-state index in [1.807, 2.05) is 13.0 Å². The number of nitrogen functional groups attached to an aromatic ring is 2. The maximum absolute atomic E-state index is 5.97. The molecule has 2 aromatic heterocycles. The van der Waals surface area contributed by atoms with Crippen LogP contribution in [0.15, 0.2) is 18.3 Å². The Kier molecular flexibility index (Phi) is 5.81. The van der Waals surface area contributed by atoms with E-state index in [-0.39, 0.29) is 0 Å². The van der Waals surface area contributed by atoms with Gasteiger partial charge in [-0.25, -0.2) is 9.97 Å². The Morgan fingerprint density at radius 1 is 0.966 bits per heavy atom. The third kappa shape index (κ3) is 4.60. The highest BCUT2D eigenvalue weighted by atomic mass is 15.3. The first-order valence-electron chi connectivity index (χ1n) is 10.5. The lowest BCUT2D eigenvalue weighted by atomic mass is 9.94. The van der Waals surface area contributed by atoms with Gasteiger partial charge in [-0.05, 0) is 31.9 Å². The summed E-state index contributed by atoms with van der Waals surface area (Å²) in [5, 5.41) is 0. The van der Waals surface area contributed by atoms with Gasteiger partial charge in [-0.3, -0.25) is 4.90 Å². The highest BCUT2D eigenvalue weighted by Gasteiger charge is 2.27. The molecule has 152 valence electrons. The molecule has 4 rings (SSSR count). The normalized spacial score (nSPS) is 18.3. The van der Waals surface area contributed by atoms with E-state index in [0.29, 0.717) is 11.8 Å². The molecule has 0 amide bonds. The predicted molar refractivity (Wildman–Crippen MR) is 116 cm³/mol. The lowest BCUT2D eigenvalue weighted by Crippen LogP contribution is -2.51. The molecule has 1 saturated heterocycles. The monoisotopic (exact) mass is 391 g/mol. The summed E-state index contributed by atoms with van der Waals surface area (Å²) in [4.78, 5) is 17.9. The second kappa shape index (κ2) is 8.66. The van der Waals surface area contributed by atoms with Crippen LogP contribution >= 0.6 is 0 Å². The van der Waals surface area contributed by atoms with E-state index < -0.39 is 0 Å². The van der Waals surface area contributed by atoms with Gasteiger partial charge >= 0.3 is 0 Å². The van der Waals surface area contributed by atoms with Crippen LogP contribution in [0.25, 0.3) is 0 Å². The van der Waals surface area contributed by atoms with E-state index in [1.165, 1.54) is 32.1 Å². The van der Waals surface area contributed by atoms with Crippen LogP contribution in [0.5, 0.6) is 0 Å². The lowest BCUT2D eigenvalue weighted by Gasteiger charge is -2.41. The molecule has 2 fully saturated rings. The van der Waals surface area contributed by atoms with Crippen molar-refractivity contribution in [1.29, 1.82) is 0 Å². The van der Waals surface area contributed by atoms with Crippen molar-refractivity contribution in [3.63, 3.8) is 0 Å². The molecule has 1 saturated carbocycles. The van der Waals surface area contributed by atoms with Crippen molar-refractivity contribution in [2.24, 2.45) is 0 Å². The summed E-state index contributed by atoms with van der Waals surface area (Å²) in [5.74, 6) is 8.04. The summed E-state index contributed by atoms with van der Waals surface area (Å²) in [7, 11) is 0. The molecular formula is C22H29N7. The number of hydrogen-bond acceptors (Lipinski definition) is 7. The lowest BCUT2D eigenvalue weighted by molar-refractivity contribution is 0.147. The van der Waals surface area contributed by atoms with Gasteiger partial charge in [-0.2, -0.15) is 4.98 Å². The van der Waals surface area contributed by atoms with Crippen molar-refractivity contribution in [3.05, 3.63) is 35.2 Å². The predicted octanol–water partition coefficient (Wildman–Crippen LogP) is 2.20. The van der Waals surface area contributed by atoms with Crippen LogP contribution in [0.3, 0.4) is 0 Å². The molecule has 2 aliphatic rings. The molecule has 0 unspecified atom stereocenters. The number of piperazine rings is 1. The fraction of sp³-hybridized carbons (Fsp3) is 0.500. The van der Waals surface area contributed by atoms with E-state index in [2.05, 4.69) is 36.6 Å². The summed E-state index contributed by atoms with van der Waals surface area (Å²) in [6.45, 7) is 5.92. The molecule has 0 spiro atoms. The molecule has 2 aromatic rings. The van der Waals surface area contributed by atoms with Crippen LogP contribution in [-0.2, 0) is 0 Å². The average molecular weight is 392 g/mol. The fourth-order valence-corrected chi connectivity index (χ4v) is 4.31. The van der Waals surface area contributed by atoms with Gasteiger partial charge in [0.25, 0.3) is 0 Å². The molecule has 29 heavy (non-hydrogen) atoms. The Labute approximate surface area is 172 Å². The van der Waals surface area contributed by atoms with Gasteiger partial charge in [0, 0.05) is 44.0 Å². The number of nitrogens with zero attached hydrogens (tertiary/aromatic N) is 5. The van der Waals surface area contributed by atoms with Crippen molar-refractivity contribution in [2.45, 2.75) is 45.1 Å². The number of anilines is 3. The Balaban J connectivity index is 1.54. The molecule has 0 atom stereocenters. The largest absolute Gasteiger partial charge is 0.384 e. The van der Waals surface area contributed by atoms with Gasteiger partial charge in [0.1, 0.15) is 11.6 Å². The van der Waals surface area contributed by atoms with E-state index in [9.17, 15) is 0 Å². The minimum Gasteiger partial charge on any atom is -0.384 e. The van der Waals surface area contributed by atoms with Crippen molar-refractivity contribution < 1.29 is 0 Å². The zero-order valence-electron chi connectivity index (χ0n) is 17.1. The maximum atomic E-state index is 5.97. The maximum Gasteiger partial charge on any atom is 0.222 e. The Morgan fingerprint density at radius 2 is 1.72 bits per heavy atom. The number of nitrogens with two attached hydrogens (primary N) is 2. The van der Waals surface area contributed by atoms with Gasteiger partial charge in [0.15, 0.2) is 0 Å². The second-order valence-electron chi connectivity index (χ2n) is 7.90. The van der Waals surface area contributed by atoms with Crippen molar-refractivity contribution >= 4 is 17.6 Å². The first-order chi connectivity index (χ1) is 14.1. The Hall–Kier alpha value is -2.85. The van der Waals surface area contributed by atoms with Gasteiger partial charge in [-0.15, -0.1) is 0 Å². The minimum absolute atomic E-state index is 0.298. The Bertz CT molecular complexity index is 899. The van der Waals surface area contributed by atoms with Crippen LogP contribution < -0.4 is 16.4 Å². The molecule has 1 aliphatic heterocycles. The third-order valence-electron chi connectivity index (χ3n) is 5.91. The summed E-state index contributed by atoms with van der Waals surface area (Å²) in [6, 6.07) is 4.37. The van der Waals surface area contributed by atoms with E-state index >= 15 is 0 Å². The zero-order chi connectivity index (χ0) is 20.2. The molecule has 0 aromatic carbocycles. The summed E-state index contributed by atoms with van der Waals surface area (Å²) in [6.07, 6.45) is 8.48. The van der Waals surface area contributed by atoms with Crippen molar-refractivity contribution in [3.8, 4) is 11.8 Å². The van der Waals surface area contributed by atoms with Gasteiger partial charge in [0.05, 0.1) is 11.3 Å². The molecule has 3 heterocycles. The number of pyridine rings is 1. The fourth-order valence-electron chi connectivity index (χ4n) is 4.31. The summed E-state index contributed by atoms with van der Waals surface area (Å²) < 4.78 is 0. The van der Waals surface area contributed by atoms with Crippen LogP contribution in [0.4, 0.5) is 17.6 Å². The number of rotatable bonds is 2. The van der Waals surface area contributed by atoms with E-state index in [4.69, 9.17) is 11.5 Å². The number of aryl methyl sites for hydroxylation is 1. The van der Waals surface area contributed by atoms with Crippen LogP contribution in [0, 0.1) is 18.8 Å². The molecule has 0 radical (unpaired) electrons. The first-order valence-corrected chi connectivity index (χ1v) is 10.5. The quantitative estimate of drug-likeness (QED) is 0.758.